The largest absolute Gasteiger partial charge is 0.490 e. The van der Waals surface area contributed by atoms with Crippen LogP contribution in [0.3, 0.4) is 0 Å². The van der Waals surface area contributed by atoms with E-state index in [1.165, 1.54) is 5.56 Å². The molecule has 6 aromatic rings. The van der Waals surface area contributed by atoms with Crippen LogP contribution in [0.4, 0.5) is 0 Å². The molecule has 182 valence electrons. The molecule has 0 radical (unpaired) electrons. The van der Waals surface area contributed by atoms with Gasteiger partial charge in [0, 0.05) is 40.5 Å². The van der Waals surface area contributed by atoms with E-state index in [1.54, 1.807) is 24.9 Å². The van der Waals surface area contributed by atoms with Crippen molar-refractivity contribution >= 4 is 10.9 Å². The number of ether oxygens (including phenoxy) is 1. The second-order valence-electron chi connectivity index (χ2n) is 8.91. The van der Waals surface area contributed by atoms with E-state index in [1.807, 2.05) is 54.7 Å². The highest BCUT2D eigenvalue weighted by Gasteiger charge is 2.16. The van der Waals surface area contributed by atoms with E-state index in [4.69, 9.17) is 19.9 Å². The lowest BCUT2D eigenvalue weighted by molar-refractivity contribution is 0.287. The van der Waals surface area contributed by atoms with Crippen molar-refractivity contribution in [2.75, 3.05) is 6.61 Å². The number of aromatic nitrogens is 4. The lowest BCUT2D eigenvalue weighted by atomic mass is 9.98. The maximum Gasteiger partial charge on any atom is 0.138 e. The van der Waals surface area contributed by atoms with Gasteiger partial charge in [0.05, 0.1) is 29.9 Å². The molecule has 0 bridgehead atoms. The van der Waals surface area contributed by atoms with Gasteiger partial charge in [0.1, 0.15) is 18.1 Å². The van der Waals surface area contributed by atoms with Gasteiger partial charge in [-0.1, -0.05) is 36.4 Å². The Morgan fingerprint density at radius 1 is 0.892 bits per heavy atom. The van der Waals surface area contributed by atoms with Gasteiger partial charge in [0.15, 0.2) is 0 Å². The van der Waals surface area contributed by atoms with Crippen molar-refractivity contribution in [1.29, 1.82) is 0 Å². The average Bonchev–Trinajstić information content (AvgIpc) is 3.63. The van der Waals surface area contributed by atoms with Crippen molar-refractivity contribution in [3.8, 4) is 39.4 Å². The Hall–Kier alpha value is -4.75. The van der Waals surface area contributed by atoms with Crippen molar-refractivity contribution in [2.45, 2.75) is 12.5 Å². The van der Waals surface area contributed by atoms with Gasteiger partial charge in [-0.2, -0.15) is 5.10 Å². The number of rotatable bonds is 8. The van der Waals surface area contributed by atoms with Gasteiger partial charge >= 0.3 is 0 Å². The first-order chi connectivity index (χ1) is 18.2. The van der Waals surface area contributed by atoms with Crippen LogP contribution in [0.25, 0.3) is 44.5 Å². The summed E-state index contributed by atoms with van der Waals surface area (Å²) in [5, 5.41) is 8.66. The maximum atomic E-state index is 6.36. The first-order valence-electron chi connectivity index (χ1n) is 12.1. The van der Waals surface area contributed by atoms with Gasteiger partial charge in [0.25, 0.3) is 0 Å². The fourth-order valence-corrected chi connectivity index (χ4v) is 4.46. The van der Waals surface area contributed by atoms with Gasteiger partial charge < -0.3 is 14.9 Å². The zero-order valence-corrected chi connectivity index (χ0v) is 20.0. The molecule has 7 nitrogen and oxygen atoms in total. The summed E-state index contributed by atoms with van der Waals surface area (Å²) in [5.41, 5.74) is 13.9. The molecule has 0 aliphatic carbocycles. The monoisotopic (exact) mass is 487 g/mol. The van der Waals surface area contributed by atoms with E-state index in [9.17, 15) is 0 Å². The molecule has 0 amide bonds. The molecule has 0 aliphatic rings. The molecule has 7 heteroatoms. The van der Waals surface area contributed by atoms with Crippen molar-refractivity contribution in [3.05, 3.63) is 109 Å². The summed E-state index contributed by atoms with van der Waals surface area (Å²) >= 11 is 0. The molecule has 0 fully saturated rings. The Bertz CT molecular complexity index is 1610. The second-order valence-corrected chi connectivity index (χ2v) is 8.91. The minimum atomic E-state index is -0.135. The Kier molecular flexibility index (Phi) is 6.19. The number of benzene rings is 2. The third kappa shape index (κ3) is 4.85. The van der Waals surface area contributed by atoms with Crippen LogP contribution in [-0.4, -0.2) is 32.8 Å². The molecule has 2 aromatic carbocycles. The number of hydrogen-bond acceptors (Lipinski definition) is 6. The molecular weight excluding hydrogens is 462 g/mol. The van der Waals surface area contributed by atoms with Crippen molar-refractivity contribution < 1.29 is 9.15 Å². The first-order valence-corrected chi connectivity index (χ1v) is 12.1. The van der Waals surface area contributed by atoms with Gasteiger partial charge in [-0.25, -0.2) is 0 Å². The quantitative estimate of drug-likeness (QED) is 0.277. The summed E-state index contributed by atoms with van der Waals surface area (Å²) in [4.78, 5) is 9.00. The summed E-state index contributed by atoms with van der Waals surface area (Å²) in [6.07, 6.45) is 9.38. The highest BCUT2D eigenvalue weighted by atomic mass is 16.5. The summed E-state index contributed by atoms with van der Waals surface area (Å²) in [6, 6.07) is 24.1. The van der Waals surface area contributed by atoms with E-state index in [2.05, 4.69) is 39.4 Å². The molecule has 0 aliphatic heterocycles. The standard InChI is InChI=1S/C30H25N5O2/c31-24(13-20-5-2-1-3-6-20)19-37-25-15-26(29(33-17-25)23-10-12-36-18-23)21-8-9-28-27(14-21)30(35-34-28)22-7-4-11-32-16-22/h1-12,14-18,24H,13,19,31H2,(H,34,35)/t24-/m0/s1. The molecule has 4 heterocycles. The average molecular weight is 488 g/mol. The molecule has 3 N–H and O–H groups in total. The summed E-state index contributed by atoms with van der Waals surface area (Å²) in [5.74, 6) is 0.658. The predicted molar refractivity (Wildman–Crippen MR) is 144 cm³/mol. The molecular formula is C30H25N5O2. The van der Waals surface area contributed by atoms with Crippen molar-refractivity contribution in [2.24, 2.45) is 5.73 Å². The number of fused-ring (bicyclic) bond motifs is 1. The zero-order valence-electron chi connectivity index (χ0n) is 20.0. The van der Waals surface area contributed by atoms with Crippen LogP contribution in [0.1, 0.15) is 5.56 Å². The predicted octanol–water partition coefficient (Wildman–Crippen LogP) is 5.90. The minimum Gasteiger partial charge on any atom is -0.490 e. The lowest BCUT2D eigenvalue weighted by Gasteiger charge is -2.15. The maximum absolute atomic E-state index is 6.36. The highest BCUT2D eigenvalue weighted by Crippen LogP contribution is 2.36. The highest BCUT2D eigenvalue weighted by molar-refractivity contribution is 5.96. The molecule has 0 saturated heterocycles. The van der Waals surface area contributed by atoms with Gasteiger partial charge in [-0.15, -0.1) is 0 Å². The smallest absolute Gasteiger partial charge is 0.138 e. The minimum absolute atomic E-state index is 0.135. The molecule has 1 atom stereocenters. The fraction of sp³-hybridized carbons (Fsp3) is 0.100. The van der Waals surface area contributed by atoms with E-state index >= 15 is 0 Å². The van der Waals surface area contributed by atoms with E-state index in [0.717, 1.165) is 51.0 Å². The number of H-pyrrole nitrogens is 1. The van der Waals surface area contributed by atoms with Crippen LogP contribution < -0.4 is 10.5 Å². The number of nitrogens with one attached hydrogen (secondary N) is 1. The van der Waals surface area contributed by atoms with Crippen LogP contribution in [0, 0.1) is 0 Å². The van der Waals surface area contributed by atoms with E-state index < -0.39 is 0 Å². The summed E-state index contributed by atoms with van der Waals surface area (Å²) in [7, 11) is 0. The number of furan rings is 1. The molecule has 6 rings (SSSR count). The normalized spacial score (nSPS) is 12.0. The Balaban J connectivity index is 1.34. The van der Waals surface area contributed by atoms with Crippen LogP contribution in [-0.2, 0) is 6.42 Å². The number of aromatic amines is 1. The fourth-order valence-electron chi connectivity index (χ4n) is 4.46. The number of hydrogen-bond donors (Lipinski definition) is 2. The third-order valence-electron chi connectivity index (χ3n) is 6.27. The molecule has 4 aromatic heterocycles. The Morgan fingerprint density at radius 3 is 2.62 bits per heavy atom. The second kappa shape index (κ2) is 10.1. The van der Waals surface area contributed by atoms with Crippen molar-refractivity contribution in [3.63, 3.8) is 0 Å². The van der Waals surface area contributed by atoms with Crippen LogP contribution in [0.5, 0.6) is 5.75 Å². The lowest BCUT2D eigenvalue weighted by Crippen LogP contribution is -2.30. The van der Waals surface area contributed by atoms with Gasteiger partial charge in [-0.3, -0.25) is 15.1 Å². The topological polar surface area (TPSA) is 103 Å². The zero-order chi connectivity index (χ0) is 25.0. The van der Waals surface area contributed by atoms with Crippen LogP contribution >= 0.6 is 0 Å². The molecule has 37 heavy (non-hydrogen) atoms. The molecule has 0 spiro atoms. The number of nitrogens with two attached hydrogens (primary N) is 1. The number of nitrogens with zero attached hydrogens (tertiary/aromatic N) is 3. The van der Waals surface area contributed by atoms with Crippen molar-refractivity contribution in [1.82, 2.24) is 20.2 Å². The number of pyridine rings is 2. The van der Waals surface area contributed by atoms with Gasteiger partial charge in [0.2, 0.25) is 0 Å². The third-order valence-corrected chi connectivity index (χ3v) is 6.27. The SMILES string of the molecule is N[C@H](COc1cnc(-c2ccoc2)c(-c2ccc3[nH]nc(-c4cccnc4)c3c2)c1)Cc1ccccc1. The Labute approximate surface area is 214 Å². The van der Waals surface area contributed by atoms with E-state index in [-0.39, 0.29) is 6.04 Å². The van der Waals surface area contributed by atoms with Crippen LogP contribution in [0.15, 0.2) is 108 Å². The summed E-state index contributed by atoms with van der Waals surface area (Å²) < 4.78 is 11.5. The molecule has 0 unspecified atom stereocenters. The van der Waals surface area contributed by atoms with E-state index in [0.29, 0.717) is 12.4 Å². The summed E-state index contributed by atoms with van der Waals surface area (Å²) in [6.45, 7) is 0.382. The van der Waals surface area contributed by atoms with Gasteiger partial charge in [-0.05, 0) is 53.9 Å². The Morgan fingerprint density at radius 2 is 1.81 bits per heavy atom. The van der Waals surface area contributed by atoms with Crippen LogP contribution in [0.2, 0.25) is 0 Å². The first kappa shape index (κ1) is 22.7. The molecule has 0 saturated carbocycles.